The Morgan fingerprint density at radius 2 is 2.23 bits per heavy atom. The van der Waals surface area contributed by atoms with Crippen LogP contribution in [0.2, 0.25) is 0 Å². The lowest BCUT2D eigenvalue weighted by atomic mass is 10.2. The van der Waals surface area contributed by atoms with Gasteiger partial charge in [-0.2, -0.15) is 0 Å². The zero-order valence-corrected chi connectivity index (χ0v) is 7.81. The molecular weight excluding hydrogens is 167 g/mol. The third-order valence-electron chi connectivity index (χ3n) is 1.88. The smallest absolute Gasteiger partial charge is 0.0911 e. The first kappa shape index (κ1) is 9.84. The van der Waals surface area contributed by atoms with E-state index in [1.807, 2.05) is 25.1 Å². The van der Waals surface area contributed by atoms with Gasteiger partial charge >= 0.3 is 0 Å². The number of anilines is 2. The Bertz CT molecular complexity index is 274. The second-order valence-corrected chi connectivity index (χ2v) is 3.04. The van der Waals surface area contributed by atoms with Crippen LogP contribution in [0.5, 0.6) is 0 Å². The summed E-state index contributed by atoms with van der Waals surface area (Å²) in [5, 5.41) is 3.15. The fraction of sp³-hybridized carbons (Fsp3) is 0.400. The molecule has 0 aromatic heterocycles. The van der Waals surface area contributed by atoms with E-state index in [1.54, 1.807) is 0 Å². The van der Waals surface area contributed by atoms with E-state index in [9.17, 15) is 4.39 Å². The predicted molar refractivity (Wildman–Crippen MR) is 54.7 cm³/mol. The van der Waals surface area contributed by atoms with Gasteiger partial charge in [-0.1, -0.05) is 0 Å². The van der Waals surface area contributed by atoms with Gasteiger partial charge in [0.25, 0.3) is 0 Å². The van der Waals surface area contributed by atoms with Gasteiger partial charge in [0.1, 0.15) is 0 Å². The molecule has 0 aliphatic heterocycles. The van der Waals surface area contributed by atoms with Crippen LogP contribution in [0.25, 0.3) is 0 Å². The molecule has 0 bridgehead atoms. The third-order valence-corrected chi connectivity index (χ3v) is 1.88. The number of alkyl halides is 1. The highest BCUT2D eigenvalue weighted by atomic mass is 19.1. The van der Waals surface area contributed by atoms with Gasteiger partial charge in [-0.15, -0.1) is 0 Å². The number of halogens is 1. The van der Waals surface area contributed by atoms with Crippen LogP contribution < -0.4 is 11.1 Å². The highest BCUT2D eigenvalue weighted by Gasteiger charge is 1.96. The Kier molecular flexibility index (Phi) is 3.55. The fourth-order valence-corrected chi connectivity index (χ4v) is 1.18. The van der Waals surface area contributed by atoms with E-state index < -0.39 is 0 Å². The van der Waals surface area contributed by atoms with Crippen LogP contribution in [-0.2, 0) is 0 Å². The number of benzene rings is 1. The van der Waals surface area contributed by atoms with E-state index in [1.165, 1.54) is 0 Å². The molecule has 13 heavy (non-hydrogen) atoms. The van der Waals surface area contributed by atoms with Crippen molar-refractivity contribution in [2.24, 2.45) is 0 Å². The van der Waals surface area contributed by atoms with E-state index in [-0.39, 0.29) is 6.67 Å². The molecule has 0 aliphatic rings. The minimum absolute atomic E-state index is 0.277. The third kappa shape index (κ3) is 2.93. The number of hydrogen-bond donors (Lipinski definition) is 2. The summed E-state index contributed by atoms with van der Waals surface area (Å²) in [7, 11) is 0. The van der Waals surface area contributed by atoms with Crippen LogP contribution >= 0.6 is 0 Å². The number of rotatable bonds is 4. The molecule has 1 aromatic rings. The highest BCUT2D eigenvalue weighted by Crippen LogP contribution is 2.17. The van der Waals surface area contributed by atoms with Crippen LogP contribution in [0.3, 0.4) is 0 Å². The molecule has 0 radical (unpaired) electrons. The zero-order chi connectivity index (χ0) is 9.68. The highest BCUT2D eigenvalue weighted by molar-refractivity contribution is 5.57. The van der Waals surface area contributed by atoms with Crippen LogP contribution in [0.15, 0.2) is 18.2 Å². The monoisotopic (exact) mass is 182 g/mol. The summed E-state index contributed by atoms with van der Waals surface area (Å²) in [5.41, 5.74) is 8.48. The van der Waals surface area contributed by atoms with Crippen molar-refractivity contribution in [2.45, 2.75) is 13.3 Å². The van der Waals surface area contributed by atoms with Crippen molar-refractivity contribution in [3.8, 4) is 0 Å². The summed E-state index contributed by atoms with van der Waals surface area (Å²) in [6.07, 6.45) is 0.545. The van der Waals surface area contributed by atoms with Crippen molar-refractivity contribution in [3.63, 3.8) is 0 Å². The molecule has 0 aliphatic carbocycles. The van der Waals surface area contributed by atoms with Gasteiger partial charge in [0.05, 0.1) is 6.67 Å². The number of nitrogens with two attached hydrogens (primary N) is 1. The largest absolute Gasteiger partial charge is 0.399 e. The number of aryl methyl sites for hydroxylation is 1. The molecular formula is C10H15FN2. The maximum atomic E-state index is 11.8. The van der Waals surface area contributed by atoms with Crippen molar-refractivity contribution >= 4 is 11.4 Å². The maximum Gasteiger partial charge on any atom is 0.0911 e. The molecule has 0 heterocycles. The Hall–Kier alpha value is -1.25. The lowest BCUT2D eigenvalue weighted by molar-refractivity contribution is 0.481. The standard InChI is InChI=1S/C10H15FN2/c1-8-7-9(12)3-4-10(8)13-6-2-5-11/h3-4,7,13H,2,5-6,12H2,1H3. The van der Waals surface area contributed by atoms with Crippen LogP contribution in [0.4, 0.5) is 15.8 Å². The number of hydrogen-bond acceptors (Lipinski definition) is 2. The van der Waals surface area contributed by atoms with Crippen molar-refractivity contribution in [1.82, 2.24) is 0 Å². The maximum absolute atomic E-state index is 11.8. The van der Waals surface area contributed by atoms with Gasteiger partial charge < -0.3 is 11.1 Å². The summed E-state index contributed by atoms with van der Waals surface area (Å²) >= 11 is 0. The van der Waals surface area contributed by atoms with Crippen LogP contribution in [-0.4, -0.2) is 13.2 Å². The topological polar surface area (TPSA) is 38.0 Å². The van der Waals surface area contributed by atoms with Gasteiger partial charge in [-0.3, -0.25) is 4.39 Å². The number of nitrogens with one attached hydrogen (secondary N) is 1. The Morgan fingerprint density at radius 1 is 1.46 bits per heavy atom. The molecule has 0 spiro atoms. The Labute approximate surface area is 77.9 Å². The molecule has 0 unspecified atom stereocenters. The van der Waals surface area contributed by atoms with Crippen molar-refractivity contribution < 1.29 is 4.39 Å². The first-order valence-electron chi connectivity index (χ1n) is 4.40. The molecule has 0 saturated carbocycles. The summed E-state index contributed by atoms with van der Waals surface area (Å²) in [4.78, 5) is 0. The number of nitrogen functional groups attached to an aromatic ring is 1. The van der Waals surface area contributed by atoms with Crippen molar-refractivity contribution in [3.05, 3.63) is 23.8 Å². The molecule has 2 nitrogen and oxygen atoms in total. The lowest BCUT2D eigenvalue weighted by Crippen LogP contribution is -2.03. The average molecular weight is 182 g/mol. The SMILES string of the molecule is Cc1cc(N)ccc1NCCCF. The Balaban J connectivity index is 2.56. The van der Waals surface area contributed by atoms with Crippen molar-refractivity contribution in [2.75, 3.05) is 24.3 Å². The van der Waals surface area contributed by atoms with E-state index in [2.05, 4.69) is 5.32 Å². The van der Waals surface area contributed by atoms with E-state index in [0.717, 1.165) is 16.9 Å². The quantitative estimate of drug-likeness (QED) is 0.554. The molecule has 1 aromatic carbocycles. The first-order chi connectivity index (χ1) is 6.24. The summed E-state index contributed by atoms with van der Waals surface area (Å²) in [6, 6.07) is 5.66. The zero-order valence-electron chi connectivity index (χ0n) is 7.81. The van der Waals surface area contributed by atoms with E-state index in [0.29, 0.717) is 13.0 Å². The first-order valence-corrected chi connectivity index (χ1v) is 4.40. The van der Waals surface area contributed by atoms with Crippen LogP contribution in [0.1, 0.15) is 12.0 Å². The average Bonchev–Trinajstić information content (AvgIpc) is 2.09. The van der Waals surface area contributed by atoms with E-state index >= 15 is 0 Å². The lowest BCUT2D eigenvalue weighted by Gasteiger charge is -2.08. The molecule has 0 amide bonds. The summed E-state index contributed by atoms with van der Waals surface area (Å²) in [6.45, 7) is 2.37. The van der Waals surface area contributed by atoms with Gasteiger partial charge in [0.2, 0.25) is 0 Å². The molecule has 3 heteroatoms. The van der Waals surface area contributed by atoms with Crippen molar-refractivity contribution in [1.29, 1.82) is 0 Å². The summed E-state index contributed by atoms with van der Waals surface area (Å²) < 4.78 is 11.8. The molecule has 0 saturated heterocycles. The second kappa shape index (κ2) is 4.70. The minimum Gasteiger partial charge on any atom is -0.399 e. The molecule has 0 fully saturated rings. The van der Waals surface area contributed by atoms with Gasteiger partial charge in [-0.25, -0.2) is 0 Å². The molecule has 72 valence electrons. The second-order valence-electron chi connectivity index (χ2n) is 3.04. The predicted octanol–water partition coefficient (Wildman–Crippen LogP) is 2.35. The molecule has 3 N–H and O–H groups in total. The van der Waals surface area contributed by atoms with Gasteiger partial charge in [0, 0.05) is 17.9 Å². The summed E-state index contributed by atoms with van der Waals surface area (Å²) in [5.74, 6) is 0. The minimum atomic E-state index is -0.277. The normalized spacial score (nSPS) is 10.0. The molecule has 0 atom stereocenters. The van der Waals surface area contributed by atoms with E-state index in [4.69, 9.17) is 5.73 Å². The van der Waals surface area contributed by atoms with Gasteiger partial charge in [0.15, 0.2) is 0 Å². The fourth-order valence-electron chi connectivity index (χ4n) is 1.18. The molecule has 1 rings (SSSR count). The van der Waals surface area contributed by atoms with Gasteiger partial charge in [-0.05, 0) is 37.1 Å². The Morgan fingerprint density at radius 3 is 2.85 bits per heavy atom. The van der Waals surface area contributed by atoms with Crippen LogP contribution in [0, 0.1) is 6.92 Å².